The molecule has 0 saturated carbocycles. The van der Waals surface area contributed by atoms with E-state index in [-0.39, 0.29) is 29.9 Å². The molecule has 27 heavy (non-hydrogen) atoms. The highest BCUT2D eigenvalue weighted by Crippen LogP contribution is 2.20. The molecule has 2 rings (SSSR count). The molecule has 8 heteroatoms. The third kappa shape index (κ3) is 6.50. The smallest absolute Gasteiger partial charge is 0.238 e. The van der Waals surface area contributed by atoms with E-state index in [9.17, 15) is 14.0 Å². The van der Waals surface area contributed by atoms with Crippen LogP contribution in [0.25, 0.3) is 0 Å². The molecule has 144 valence electrons. The van der Waals surface area contributed by atoms with Gasteiger partial charge in [0.15, 0.2) is 0 Å². The Labute approximate surface area is 167 Å². The molecule has 0 atom stereocenters. The number of amides is 2. The summed E-state index contributed by atoms with van der Waals surface area (Å²) < 4.78 is 13.2. The first kappa shape index (κ1) is 21.2. The van der Waals surface area contributed by atoms with Crippen molar-refractivity contribution in [3.8, 4) is 0 Å². The lowest BCUT2D eigenvalue weighted by Gasteiger charge is -2.20. The Morgan fingerprint density at radius 2 is 1.70 bits per heavy atom. The van der Waals surface area contributed by atoms with Gasteiger partial charge in [0, 0.05) is 16.4 Å². The highest BCUT2D eigenvalue weighted by atomic mass is 35.5. The normalized spacial score (nSPS) is 10.7. The molecule has 0 unspecified atom stereocenters. The maximum absolute atomic E-state index is 13.2. The van der Waals surface area contributed by atoms with Crippen LogP contribution in [0.5, 0.6) is 0 Å². The lowest BCUT2D eigenvalue weighted by atomic mass is 10.2. The first-order valence-electron chi connectivity index (χ1n) is 8.31. The number of benzene rings is 2. The lowest BCUT2D eigenvalue weighted by Crippen LogP contribution is -2.38. The Balaban J connectivity index is 1.91. The van der Waals surface area contributed by atoms with Crippen LogP contribution in [0.3, 0.4) is 0 Å². The Kier molecular flexibility index (Phi) is 7.59. The predicted molar refractivity (Wildman–Crippen MR) is 107 cm³/mol. The number of anilines is 2. The zero-order valence-corrected chi connectivity index (χ0v) is 16.5. The van der Waals surface area contributed by atoms with Gasteiger partial charge in [0.05, 0.1) is 18.1 Å². The summed E-state index contributed by atoms with van der Waals surface area (Å²) in [5, 5.41) is 5.89. The summed E-state index contributed by atoms with van der Waals surface area (Å²) in [4.78, 5) is 26.1. The fraction of sp³-hybridized carbons (Fsp3) is 0.263. The van der Waals surface area contributed by atoms with Crippen molar-refractivity contribution in [2.24, 2.45) is 0 Å². The Morgan fingerprint density at radius 1 is 1.04 bits per heavy atom. The van der Waals surface area contributed by atoms with Gasteiger partial charge in [0.2, 0.25) is 11.8 Å². The summed E-state index contributed by atoms with van der Waals surface area (Å²) in [5.74, 6) is -1.14. The average Bonchev–Trinajstić information content (AvgIpc) is 2.60. The topological polar surface area (TPSA) is 61.4 Å². The summed E-state index contributed by atoms with van der Waals surface area (Å²) in [5.41, 5.74) is 1.91. The van der Waals surface area contributed by atoms with E-state index < -0.39 is 5.82 Å². The maximum atomic E-state index is 13.2. The van der Waals surface area contributed by atoms with Crippen molar-refractivity contribution < 1.29 is 14.0 Å². The number of rotatable bonds is 7. The van der Waals surface area contributed by atoms with Crippen LogP contribution < -0.4 is 10.6 Å². The number of carbonyl (C=O) groups excluding carboxylic acids is 2. The first-order chi connectivity index (χ1) is 12.8. The molecule has 2 amide bonds. The van der Waals surface area contributed by atoms with Crippen molar-refractivity contribution in [2.45, 2.75) is 13.8 Å². The molecule has 0 saturated heterocycles. The van der Waals surface area contributed by atoms with E-state index in [1.807, 2.05) is 19.9 Å². The third-order valence-corrected chi connectivity index (χ3v) is 4.38. The number of halogens is 3. The van der Waals surface area contributed by atoms with E-state index in [4.69, 9.17) is 23.2 Å². The third-order valence-electron chi connectivity index (χ3n) is 3.86. The second-order valence-electron chi connectivity index (χ2n) is 5.99. The van der Waals surface area contributed by atoms with Crippen molar-refractivity contribution in [3.05, 3.63) is 57.8 Å². The summed E-state index contributed by atoms with van der Waals surface area (Å²) in [6, 6.07) is 9.17. The molecule has 0 fully saturated rings. The largest absolute Gasteiger partial charge is 0.325 e. The predicted octanol–water partition coefficient (Wildman–Crippen LogP) is 4.34. The highest BCUT2D eigenvalue weighted by molar-refractivity contribution is 6.31. The second kappa shape index (κ2) is 9.69. The molecular weight excluding hydrogens is 392 g/mol. The Morgan fingerprint density at radius 3 is 2.33 bits per heavy atom. The fourth-order valence-corrected chi connectivity index (χ4v) is 2.73. The number of nitrogens with one attached hydrogen (secondary N) is 2. The van der Waals surface area contributed by atoms with E-state index in [2.05, 4.69) is 10.6 Å². The molecule has 2 N–H and O–H groups in total. The molecule has 5 nitrogen and oxygen atoms in total. The number of aryl methyl sites for hydroxylation is 1. The number of carbonyl (C=O) groups is 2. The second-order valence-corrected chi connectivity index (χ2v) is 6.83. The number of hydrogen-bond acceptors (Lipinski definition) is 3. The minimum Gasteiger partial charge on any atom is -0.325 e. The summed E-state index contributed by atoms with van der Waals surface area (Å²) in [7, 11) is 0. The van der Waals surface area contributed by atoms with Gasteiger partial charge in [-0.25, -0.2) is 4.39 Å². The molecule has 0 aliphatic heterocycles. The zero-order chi connectivity index (χ0) is 20.0. The van der Waals surface area contributed by atoms with E-state index in [0.717, 1.165) is 5.56 Å². The number of nitrogens with zero attached hydrogens (tertiary/aromatic N) is 1. The molecule has 0 aliphatic carbocycles. The van der Waals surface area contributed by atoms with Gasteiger partial charge < -0.3 is 10.6 Å². The maximum Gasteiger partial charge on any atom is 0.238 e. The Bertz CT molecular complexity index is 846. The van der Waals surface area contributed by atoms with Gasteiger partial charge in [-0.05, 0) is 49.4 Å². The van der Waals surface area contributed by atoms with Crippen molar-refractivity contribution in [1.29, 1.82) is 0 Å². The minimum atomic E-state index is -0.558. The van der Waals surface area contributed by atoms with Crippen LogP contribution in [-0.2, 0) is 9.59 Å². The molecule has 0 spiro atoms. The standard InChI is InChI=1S/C19H20Cl2FN3O2/c1-3-25(10-18(26)23-14-6-7-16(22)15(21)9-14)11-19(27)24-17-8-13(20)5-4-12(17)2/h4-9H,3,10-11H2,1-2H3,(H,23,26)(H,24,27). The van der Waals surface area contributed by atoms with E-state index in [0.29, 0.717) is 22.9 Å². The van der Waals surface area contributed by atoms with Gasteiger partial charge in [-0.3, -0.25) is 14.5 Å². The molecule has 2 aromatic rings. The van der Waals surface area contributed by atoms with Crippen LogP contribution in [0.4, 0.5) is 15.8 Å². The van der Waals surface area contributed by atoms with Crippen LogP contribution in [0.15, 0.2) is 36.4 Å². The zero-order valence-electron chi connectivity index (χ0n) is 15.0. The molecule has 0 aliphatic rings. The van der Waals surface area contributed by atoms with Crippen molar-refractivity contribution in [1.82, 2.24) is 4.90 Å². The molecule has 0 heterocycles. The SMILES string of the molecule is CCN(CC(=O)Nc1ccc(F)c(Cl)c1)CC(=O)Nc1cc(Cl)ccc1C. The van der Waals surface area contributed by atoms with Crippen LogP contribution in [0, 0.1) is 12.7 Å². The molecule has 0 bridgehead atoms. The Hall–Kier alpha value is -2.15. The monoisotopic (exact) mass is 411 g/mol. The quantitative estimate of drug-likeness (QED) is 0.711. The number of likely N-dealkylation sites (N-methyl/N-ethyl adjacent to an activating group) is 1. The fourth-order valence-electron chi connectivity index (χ4n) is 2.38. The van der Waals surface area contributed by atoms with Crippen LogP contribution in [-0.4, -0.2) is 36.3 Å². The molecule has 0 aromatic heterocycles. The van der Waals surface area contributed by atoms with Crippen LogP contribution in [0.1, 0.15) is 12.5 Å². The first-order valence-corrected chi connectivity index (χ1v) is 9.07. The average molecular weight is 412 g/mol. The van der Waals surface area contributed by atoms with Gasteiger partial charge in [-0.1, -0.05) is 36.2 Å². The van der Waals surface area contributed by atoms with E-state index >= 15 is 0 Å². The minimum absolute atomic E-state index is 0.00738. The van der Waals surface area contributed by atoms with Gasteiger partial charge in [-0.15, -0.1) is 0 Å². The van der Waals surface area contributed by atoms with Gasteiger partial charge in [0.25, 0.3) is 0 Å². The van der Waals surface area contributed by atoms with Crippen molar-refractivity contribution in [3.63, 3.8) is 0 Å². The molecular formula is C19H20Cl2FN3O2. The summed E-state index contributed by atoms with van der Waals surface area (Å²) in [6.45, 7) is 4.26. The molecule has 0 radical (unpaired) electrons. The highest BCUT2D eigenvalue weighted by Gasteiger charge is 2.14. The molecule has 2 aromatic carbocycles. The summed E-state index contributed by atoms with van der Waals surface area (Å²) >= 11 is 11.7. The van der Waals surface area contributed by atoms with Crippen LogP contribution in [0.2, 0.25) is 10.0 Å². The van der Waals surface area contributed by atoms with Crippen molar-refractivity contribution >= 4 is 46.4 Å². The van der Waals surface area contributed by atoms with Crippen molar-refractivity contribution in [2.75, 3.05) is 30.3 Å². The van der Waals surface area contributed by atoms with Crippen LogP contribution >= 0.6 is 23.2 Å². The van der Waals surface area contributed by atoms with Gasteiger partial charge in [-0.2, -0.15) is 0 Å². The van der Waals surface area contributed by atoms with Gasteiger partial charge >= 0.3 is 0 Å². The van der Waals surface area contributed by atoms with Gasteiger partial charge in [0.1, 0.15) is 5.82 Å². The lowest BCUT2D eigenvalue weighted by molar-refractivity contribution is -0.119. The summed E-state index contributed by atoms with van der Waals surface area (Å²) in [6.07, 6.45) is 0. The van der Waals surface area contributed by atoms with E-state index in [1.165, 1.54) is 18.2 Å². The number of hydrogen-bond donors (Lipinski definition) is 2. The van der Waals surface area contributed by atoms with E-state index in [1.54, 1.807) is 17.0 Å².